The minimum Gasteiger partial charge on any atom is -0.364 e. The summed E-state index contributed by atoms with van der Waals surface area (Å²) in [5.41, 5.74) is 3.18. The third-order valence-electron chi connectivity index (χ3n) is 4.89. The summed E-state index contributed by atoms with van der Waals surface area (Å²) >= 11 is 1.54. The van der Waals surface area contributed by atoms with Gasteiger partial charge in [-0.05, 0) is 26.3 Å². The Hall–Kier alpha value is -2.02. The number of nitrogens with one attached hydrogen (secondary N) is 2. The van der Waals surface area contributed by atoms with Crippen molar-refractivity contribution in [1.82, 2.24) is 9.97 Å². The van der Waals surface area contributed by atoms with Crippen LogP contribution in [0, 0.1) is 6.92 Å². The van der Waals surface area contributed by atoms with Gasteiger partial charge in [-0.3, -0.25) is 4.79 Å². The van der Waals surface area contributed by atoms with Gasteiger partial charge < -0.3 is 14.6 Å². The Bertz CT molecular complexity index is 967. The predicted molar refractivity (Wildman–Crippen MR) is 105 cm³/mol. The van der Waals surface area contributed by atoms with E-state index in [1.807, 2.05) is 5.38 Å². The molecule has 1 aromatic carbocycles. The third-order valence-corrected chi connectivity index (χ3v) is 5.76. The number of benzene rings is 1. The molecule has 136 valence electrons. The molecule has 0 spiro atoms. The van der Waals surface area contributed by atoms with Crippen molar-refractivity contribution in [3.63, 3.8) is 0 Å². The lowest BCUT2D eigenvalue weighted by molar-refractivity contribution is -0.928. The molecule has 2 aromatic heterocycles. The highest BCUT2D eigenvalue weighted by Crippen LogP contribution is 2.30. The molecule has 5 nitrogen and oxygen atoms in total. The maximum absolute atomic E-state index is 12.8. The van der Waals surface area contributed by atoms with Crippen LogP contribution in [0.4, 0.5) is 0 Å². The fourth-order valence-electron chi connectivity index (χ4n) is 3.79. The van der Waals surface area contributed by atoms with E-state index >= 15 is 0 Å². The van der Waals surface area contributed by atoms with E-state index in [0.717, 1.165) is 41.4 Å². The zero-order valence-electron chi connectivity index (χ0n) is 15.3. The Morgan fingerprint density at radius 3 is 2.62 bits per heavy atom. The molecule has 0 bridgehead atoms. The smallest absolute Gasteiger partial charge is 0.260 e. The SMILES string of the molecule is Cc1ccc(-c2csc3nc(C[NH+]4C[C@H](C)O[C@@H](C)C4)[nH]c(=O)c23)cc1. The van der Waals surface area contributed by atoms with Crippen LogP contribution in [0.5, 0.6) is 0 Å². The van der Waals surface area contributed by atoms with E-state index in [0.29, 0.717) is 5.39 Å². The summed E-state index contributed by atoms with van der Waals surface area (Å²) in [6.45, 7) is 8.85. The van der Waals surface area contributed by atoms with E-state index < -0.39 is 0 Å². The number of rotatable bonds is 3. The lowest BCUT2D eigenvalue weighted by Gasteiger charge is -2.32. The molecule has 3 aromatic rings. The molecular weight excluding hydrogens is 346 g/mol. The average Bonchev–Trinajstić information content (AvgIpc) is 2.99. The predicted octanol–water partition coefficient (Wildman–Crippen LogP) is 2.15. The van der Waals surface area contributed by atoms with Crippen molar-refractivity contribution in [3.8, 4) is 11.1 Å². The summed E-state index contributed by atoms with van der Waals surface area (Å²) in [7, 11) is 0. The van der Waals surface area contributed by atoms with Crippen LogP contribution in [0.3, 0.4) is 0 Å². The minimum absolute atomic E-state index is 0.0458. The number of morpholine rings is 1. The first-order valence-electron chi connectivity index (χ1n) is 9.06. The van der Waals surface area contributed by atoms with Crippen LogP contribution in [0.2, 0.25) is 0 Å². The van der Waals surface area contributed by atoms with E-state index in [1.165, 1.54) is 21.8 Å². The first-order valence-corrected chi connectivity index (χ1v) is 9.94. The van der Waals surface area contributed by atoms with Gasteiger partial charge in [0.25, 0.3) is 5.56 Å². The number of aromatic nitrogens is 2. The molecule has 1 aliphatic rings. The molecule has 26 heavy (non-hydrogen) atoms. The molecule has 0 amide bonds. The largest absolute Gasteiger partial charge is 0.364 e. The van der Waals surface area contributed by atoms with Crippen molar-refractivity contribution in [2.45, 2.75) is 39.5 Å². The fourth-order valence-corrected chi connectivity index (χ4v) is 4.76. The molecule has 6 heteroatoms. The van der Waals surface area contributed by atoms with Crippen LogP contribution in [-0.4, -0.2) is 35.3 Å². The van der Waals surface area contributed by atoms with E-state index in [1.54, 1.807) is 0 Å². The van der Waals surface area contributed by atoms with Crippen molar-refractivity contribution in [2.75, 3.05) is 13.1 Å². The van der Waals surface area contributed by atoms with Crippen LogP contribution in [0.25, 0.3) is 21.3 Å². The van der Waals surface area contributed by atoms with Crippen molar-refractivity contribution < 1.29 is 9.64 Å². The number of H-pyrrole nitrogens is 1. The number of aryl methyl sites for hydroxylation is 1. The molecule has 0 unspecified atom stereocenters. The highest BCUT2D eigenvalue weighted by Gasteiger charge is 2.26. The number of fused-ring (bicyclic) bond motifs is 1. The second-order valence-corrected chi connectivity index (χ2v) is 8.16. The Labute approximate surface area is 156 Å². The molecule has 1 saturated heterocycles. The van der Waals surface area contributed by atoms with Crippen LogP contribution in [0.1, 0.15) is 25.2 Å². The molecule has 0 radical (unpaired) electrons. The molecule has 2 atom stereocenters. The van der Waals surface area contributed by atoms with Crippen molar-refractivity contribution in [2.24, 2.45) is 0 Å². The number of thiophene rings is 1. The molecule has 0 aliphatic carbocycles. The van der Waals surface area contributed by atoms with Gasteiger partial charge in [0, 0.05) is 10.9 Å². The number of aromatic amines is 1. The zero-order chi connectivity index (χ0) is 18.3. The number of hydrogen-bond acceptors (Lipinski definition) is 4. The highest BCUT2D eigenvalue weighted by atomic mass is 32.1. The van der Waals surface area contributed by atoms with Gasteiger partial charge in [0.15, 0.2) is 5.82 Å². The summed E-state index contributed by atoms with van der Waals surface area (Å²) in [6, 6.07) is 8.26. The Morgan fingerprint density at radius 2 is 1.92 bits per heavy atom. The lowest BCUT2D eigenvalue weighted by atomic mass is 10.1. The molecule has 4 rings (SSSR count). The zero-order valence-corrected chi connectivity index (χ0v) is 16.2. The van der Waals surface area contributed by atoms with Gasteiger partial charge in [-0.25, -0.2) is 4.98 Å². The fraction of sp³-hybridized carbons (Fsp3) is 0.400. The van der Waals surface area contributed by atoms with Gasteiger partial charge in [-0.15, -0.1) is 11.3 Å². The summed E-state index contributed by atoms with van der Waals surface area (Å²) in [5, 5.41) is 2.73. The summed E-state index contributed by atoms with van der Waals surface area (Å²) in [4.78, 5) is 22.7. The number of quaternary nitrogens is 1. The van der Waals surface area contributed by atoms with Crippen LogP contribution in [0.15, 0.2) is 34.4 Å². The average molecular weight is 370 g/mol. The van der Waals surface area contributed by atoms with Crippen molar-refractivity contribution in [3.05, 3.63) is 51.4 Å². The van der Waals surface area contributed by atoms with Gasteiger partial charge in [-0.1, -0.05) is 29.8 Å². The topological polar surface area (TPSA) is 59.4 Å². The molecule has 1 aliphatic heterocycles. The maximum atomic E-state index is 12.8. The van der Waals surface area contributed by atoms with Gasteiger partial charge in [0.05, 0.1) is 5.39 Å². The van der Waals surface area contributed by atoms with Crippen molar-refractivity contribution >= 4 is 21.6 Å². The summed E-state index contributed by atoms with van der Waals surface area (Å²) in [6.07, 6.45) is 0.471. The highest BCUT2D eigenvalue weighted by molar-refractivity contribution is 7.17. The second-order valence-electron chi connectivity index (χ2n) is 7.30. The first-order chi connectivity index (χ1) is 12.5. The molecule has 0 saturated carbocycles. The quantitative estimate of drug-likeness (QED) is 0.743. The van der Waals surface area contributed by atoms with E-state index in [4.69, 9.17) is 9.72 Å². The molecular formula is C20H24N3O2S+. The maximum Gasteiger partial charge on any atom is 0.260 e. The number of hydrogen-bond donors (Lipinski definition) is 2. The van der Waals surface area contributed by atoms with Gasteiger partial charge in [-0.2, -0.15) is 0 Å². The normalized spacial score (nSPS) is 23.4. The lowest BCUT2D eigenvalue weighted by Crippen LogP contribution is -3.14. The molecule has 1 fully saturated rings. The second kappa shape index (κ2) is 6.95. The van der Waals surface area contributed by atoms with Crippen LogP contribution >= 0.6 is 11.3 Å². The van der Waals surface area contributed by atoms with Crippen molar-refractivity contribution in [1.29, 1.82) is 0 Å². The third kappa shape index (κ3) is 3.45. The number of nitrogens with zero attached hydrogens (tertiary/aromatic N) is 1. The number of ether oxygens (including phenoxy) is 1. The Kier molecular flexibility index (Phi) is 4.65. The monoisotopic (exact) mass is 370 g/mol. The van der Waals surface area contributed by atoms with Crippen LogP contribution < -0.4 is 10.5 Å². The van der Waals surface area contributed by atoms with Gasteiger partial charge in [0.1, 0.15) is 36.7 Å². The summed E-state index contributed by atoms with van der Waals surface area (Å²) < 4.78 is 5.80. The molecule has 2 N–H and O–H groups in total. The summed E-state index contributed by atoms with van der Waals surface area (Å²) in [5.74, 6) is 0.760. The molecule has 3 heterocycles. The first kappa shape index (κ1) is 17.4. The van der Waals surface area contributed by atoms with E-state index in [-0.39, 0.29) is 17.8 Å². The minimum atomic E-state index is -0.0458. The Balaban J connectivity index is 1.66. The van der Waals surface area contributed by atoms with Crippen LogP contribution in [-0.2, 0) is 11.3 Å². The van der Waals surface area contributed by atoms with Gasteiger partial charge >= 0.3 is 0 Å². The van der Waals surface area contributed by atoms with E-state index in [2.05, 4.69) is 50.0 Å². The Morgan fingerprint density at radius 1 is 1.23 bits per heavy atom. The van der Waals surface area contributed by atoms with E-state index in [9.17, 15) is 4.79 Å². The van der Waals surface area contributed by atoms with Gasteiger partial charge in [0.2, 0.25) is 0 Å². The standard InChI is InChI=1S/C20H23N3O2S/c1-12-4-6-15(7-5-12)16-11-26-20-18(16)19(24)21-17(22-20)10-23-8-13(2)25-14(3)9-23/h4-7,11,13-14H,8-10H2,1-3H3,(H,21,22,24)/p+1/t13-,14-/m0/s1.